The van der Waals surface area contributed by atoms with Gasteiger partial charge in [-0.3, -0.25) is 4.79 Å². The van der Waals surface area contributed by atoms with E-state index >= 15 is 0 Å². The molecule has 0 saturated carbocycles. The highest BCUT2D eigenvalue weighted by molar-refractivity contribution is 6.06. The van der Waals surface area contributed by atoms with Crippen LogP contribution in [-0.2, 0) is 9.59 Å². The molecule has 0 bridgehead atoms. The highest BCUT2D eigenvalue weighted by Gasteiger charge is 2.49. The number of aliphatic carboxylic acids is 1. The number of ketones is 1. The summed E-state index contributed by atoms with van der Waals surface area (Å²) in [6.45, 7) is 0.555. The van der Waals surface area contributed by atoms with Crippen LogP contribution in [0.5, 0.6) is 0 Å². The van der Waals surface area contributed by atoms with Crippen LogP contribution in [-0.4, -0.2) is 29.0 Å². The van der Waals surface area contributed by atoms with Crippen molar-refractivity contribution in [3.05, 3.63) is 0 Å². The Balaban J connectivity index is 4.56. The van der Waals surface area contributed by atoms with Crippen molar-refractivity contribution in [3.63, 3.8) is 0 Å². The zero-order valence-electron chi connectivity index (χ0n) is 5.47. The quantitative estimate of drug-likeness (QED) is 0.632. The average Bonchev–Trinajstić information content (AvgIpc) is 1.85. The number of rotatable bonds is 3. The minimum Gasteiger partial charge on any atom is -0.476 e. The summed E-state index contributed by atoms with van der Waals surface area (Å²) in [5.41, 5.74) is 0. The molecule has 0 spiro atoms. The van der Waals surface area contributed by atoms with Crippen LogP contribution in [0.3, 0.4) is 0 Å². The molecule has 0 aromatic rings. The summed E-state index contributed by atoms with van der Waals surface area (Å²) in [4.78, 5) is 19.7. The fourth-order valence-electron chi connectivity index (χ4n) is 0.355. The van der Waals surface area contributed by atoms with Crippen LogP contribution in [0.4, 0.5) is 13.2 Å². The van der Waals surface area contributed by atoms with E-state index in [2.05, 4.69) is 0 Å². The SMILES string of the molecule is CC(F)C(=O)C(F)(F)C(=O)O. The van der Waals surface area contributed by atoms with Gasteiger partial charge in [0, 0.05) is 0 Å². The predicted molar refractivity (Wildman–Crippen MR) is 28.2 cm³/mol. The number of Topliss-reactive ketones (excluding diaryl/α,β-unsaturated/α-hetero) is 1. The maximum atomic E-state index is 12.0. The standard InChI is InChI=1S/C5H5F3O3/c1-2(6)3(9)5(7,8)4(10)11/h2H,1H3,(H,10,11). The van der Waals surface area contributed by atoms with Crippen molar-refractivity contribution in [3.8, 4) is 0 Å². The van der Waals surface area contributed by atoms with Crippen molar-refractivity contribution in [2.75, 3.05) is 0 Å². The summed E-state index contributed by atoms with van der Waals surface area (Å²) in [5.74, 6) is -9.48. The van der Waals surface area contributed by atoms with Crippen LogP contribution in [0.25, 0.3) is 0 Å². The van der Waals surface area contributed by atoms with Crippen LogP contribution in [0.2, 0.25) is 0 Å². The normalized spacial score (nSPS) is 14.2. The van der Waals surface area contributed by atoms with Gasteiger partial charge >= 0.3 is 11.9 Å². The third-order valence-corrected chi connectivity index (χ3v) is 0.939. The fraction of sp³-hybridized carbons (Fsp3) is 0.600. The van der Waals surface area contributed by atoms with Gasteiger partial charge in [-0.15, -0.1) is 0 Å². The van der Waals surface area contributed by atoms with Crippen LogP contribution >= 0.6 is 0 Å². The number of hydrogen-bond donors (Lipinski definition) is 1. The number of carbonyl (C=O) groups is 2. The molecule has 0 fully saturated rings. The minimum atomic E-state index is -4.62. The maximum absolute atomic E-state index is 12.0. The van der Waals surface area contributed by atoms with Crippen LogP contribution in [0.1, 0.15) is 6.92 Å². The second-order valence-corrected chi connectivity index (χ2v) is 1.86. The molecule has 1 N–H and O–H groups in total. The van der Waals surface area contributed by atoms with Crippen molar-refractivity contribution in [2.24, 2.45) is 0 Å². The monoisotopic (exact) mass is 170 g/mol. The van der Waals surface area contributed by atoms with Gasteiger partial charge in [-0.1, -0.05) is 0 Å². The lowest BCUT2D eigenvalue weighted by Gasteiger charge is -2.09. The summed E-state index contributed by atoms with van der Waals surface area (Å²) >= 11 is 0. The third kappa shape index (κ3) is 1.92. The summed E-state index contributed by atoms with van der Waals surface area (Å²) < 4.78 is 35.9. The van der Waals surface area contributed by atoms with Crippen LogP contribution in [0.15, 0.2) is 0 Å². The van der Waals surface area contributed by atoms with Crippen LogP contribution < -0.4 is 0 Å². The molecule has 0 aromatic carbocycles. The Morgan fingerprint density at radius 2 is 1.82 bits per heavy atom. The van der Waals surface area contributed by atoms with Gasteiger partial charge in [-0.05, 0) is 6.92 Å². The fourth-order valence-corrected chi connectivity index (χ4v) is 0.355. The average molecular weight is 170 g/mol. The van der Waals surface area contributed by atoms with Crippen molar-refractivity contribution >= 4 is 11.8 Å². The molecule has 0 aliphatic rings. The first-order chi connectivity index (χ1) is 4.80. The number of carbonyl (C=O) groups excluding carboxylic acids is 1. The summed E-state index contributed by atoms with van der Waals surface area (Å²) in [7, 11) is 0. The van der Waals surface area contributed by atoms with E-state index < -0.39 is 23.8 Å². The molecule has 0 rings (SSSR count). The Labute approximate surface area is 59.8 Å². The Morgan fingerprint density at radius 1 is 1.45 bits per heavy atom. The molecule has 1 atom stereocenters. The molecular formula is C5H5F3O3. The van der Waals surface area contributed by atoms with Crippen molar-refractivity contribution in [2.45, 2.75) is 19.0 Å². The van der Waals surface area contributed by atoms with Gasteiger partial charge in [0.25, 0.3) is 0 Å². The van der Waals surface area contributed by atoms with E-state index in [9.17, 15) is 22.8 Å². The first-order valence-corrected chi connectivity index (χ1v) is 2.59. The smallest absolute Gasteiger partial charge is 0.402 e. The van der Waals surface area contributed by atoms with E-state index in [0.29, 0.717) is 6.92 Å². The number of alkyl halides is 3. The van der Waals surface area contributed by atoms with E-state index in [-0.39, 0.29) is 0 Å². The van der Waals surface area contributed by atoms with Gasteiger partial charge in [0.15, 0.2) is 6.17 Å². The second-order valence-electron chi connectivity index (χ2n) is 1.86. The molecule has 0 heterocycles. The Morgan fingerprint density at radius 3 is 1.91 bits per heavy atom. The zero-order chi connectivity index (χ0) is 9.23. The molecule has 0 aliphatic carbocycles. The molecule has 3 nitrogen and oxygen atoms in total. The van der Waals surface area contributed by atoms with Gasteiger partial charge in [0.05, 0.1) is 0 Å². The maximum Gasteiger partial charge on any atom is 0.402 e. The van der Waals surface area contributed by atoms with Crippen molar-refractivity contribution < 1.29 is 27.9 Å². The highest BCUT2D eigenvalue weighted by Crippen LogP contribution is 2.17. The van der Waals surface area contributed by atoms with E-state index in [1.165, 1.54) is 0 Å². The van der Waals surface area contributed by atoms with E-state index in [1.54, 1.807) is 0 Å². The van der Waals surface area contributed by atoms with Gasteiger partial charge in [0.2, 0.25) is 5.78 Å². The van der Waals surface area contributed by atoms with E-state index in [4.69, 9.17) is 5.11 Å². The molecule has 0 radical (unpaired) electrons. The molecule has 0 aliphatic heterocycles. The molecular weight excluding hydrogens is 165 g/mol. The van der Waals surface area contributed by atoms with Gasteiger partial charge in [-0.25, -0.2) is 9.18 Å². The van der Waals surface area contributed by atoms with Crippen LogP contribution in [0, 0.1) is 0 Å². The first kappa shape index (κ1) is 9.93. The topological polar surface area (TPSA) is 54.4 Å². The van der Waals surface area contributed by atoms with Gasteiger partial charge in [0.1, 0.15) is 0 Å². The zero-order valence-corrected chi connectivity index (χ0v) is 5.47. The molecule has 0 saturated heterocycles. The van der Waals surface area contributed by atoms with E-state index in [0.717, 1.165) is 0 Å². The summed E-state index contributed by atoms with van der Waals surface area (Å²) in [6, 6.07) is 0. The van der Waals surface area contributed by atoms with E-state index in [1.807, 2.05) is 0 Å². The number of carboxylic acid groups (broad SMARTS) is 1. The predicted octanol–water partition coefficient (Wildman–Crippen LogP) is 0.633. The third-order valence-electron chi connectivity index (χ3n) is 0.939. The summed E-state index contributed by atoms with van der Waals surface area (Å²) in [5, 5.41) is 7.72. The lowest BCUT2D eigenvalue weighted by molar-refractivity contribution is -0.173. The lowest BCUT2D eigenvalue weighted by atomic mass is 10.1. The highest BCUT2D eigenvalue weighted by atomic mass is 19.3. The molecule has 6 heteroatoms. The molecule has 64 valence electrons. The molecule has 0 aromatic heterocycles. The lowest BCUT2D eigenvalue weighted by Crippen LogP contribution is -2.41. The van der Waals surface area contributed by atoms with Crippen molar-refractivity contribution in [1.82, 2.24) is 0 Å². The minimum absolute atomic E-state index is 0.555. The number of carboxylic acids is 1. The van der Waals surface area contributed by atoms with Gasteiger partial charge in [-0.2, -0.15) is 8.78 Å². The number of hydrogen-bond acceptors (Lipinski definition) is 2. The Kier molecular flexibility index (Phi) is 2.61. The second kappa shape index (κ2) is 2.89. The first-order valence-electron chi connectivity index (χ1n) is 2.59. The largest absolute Gasteiger partial charge is 0.476 e. The van der Waals surface area contributed by atoms with Crippen molar-refractivity contribution in [1.29, 1.82) is 0 Å². The Bertz CT molecular complexity index is 187. The molecule has 11 heavy (non-hydrogen) atoms. The summed E-state index contributed by atoms with van der Waals surface area (Å²) in [6.07, 6.45) is -2.47. The van der Waals surface area contributed by atoms with Gasteiger partial charge < -0.3 is 5.11 Å². The molecule has 0 amide bonds. The number of halogens is 3. The Hall–Kier alpha value is -1.07. The molecule has 1 unspecified atom stereocenters.